The molecule has 2 aromatic heterocycles. The number of rotatable bonds is 4. The number of H-pyrrole nitrogens is 1. The minimum Gasteiger partial charge on any atom is -0.465 e. The van der Waals surface area contributed by atoms with Gasteiger partial charge in [0.15, 0.2) is 0 Å². The summed E-state index contributed by atoms with van der Waals surface area (Å²) in [6, 6.07) is 10.7. The molecule has 120 valence electrons. The molecule has 0 fully saturated rings. The zero-order valence-corrected chi connectivity index (χ0v) is 12.5. The van der Waals surface area contributed by atoms with Crippen LogP contribution in [0.15, 0.2) is 48.8 Å². The second-order valence-electron chi connectivity index (χ2n) is 5.08. The number of pyridine rings is 1. The van der Waals surface area contributed by atoms with Crippen LogP contribution in [-0.2, 0) is 4.79 Å². The molecule has 0 aliphatic rings. The maximum atomic E-state index is 11.8. The molecule has 3 rings (SSSR count). The fourth-order valence-corrected chi connectivity index (χ4v) is 2.40. The highest BCUT2D eigenvalue weighted by Gasteiger charge is 2.11. The van der Waals surface area contributed by atoms with Gasteiger partial charge in [-0.1, -0.05) is 30.3 Å². The van der Waals surface area contributed by atoms with Crippen LogP contribution in [0.1, 0.15) is 11.1 Å². The van der Waals surface area contributed by atoms with Gasteiger partial charge < -0.3 is 15.8 Å². The summed E-state index contributed by atoms with van der Waals surface area (Å²) in [7, 11) is 0. The number of nitrogens with two attached hydrogens (primary N) is 1. The van der Waals surface area contributed by atoms with Gasteiger partial charge in [0, 0.05) is 22.7 Å². The number of benzene rings is 1. The second kappa shape index (κ2) is 6.25. The number of anilines is 1. The Labute approximate surface area is 136 Å². The van der Waals surface area contributed by atoms with Crippen LogP contribution >= 0.6 is 0 Å². The molecule has 0 aliphatic carbocycles. The number of nitrogens with one attached hydrogen (secondary N) is 2. The lowest BCUT2D eigenvalue weighted by atomic mass is 10.0. The summed E-state index contributed by atoms with van der Waals surface area (Å²) in [5, 5.41) is 11.7. The van der Waals surface area contributed by atoms with Crippen LogP contribution in [0.5, 0.6) is 0 Å². The maximum Gasteiger partial charge on any atom is 0.409 e. The Morgan fingerprint density at radius 2 is 2.00 bits per heavy atom. The van der Waals surface area contributed by atoms with Crippen LogP contribution in [0.3, 0.4) is 0 Å². The second-order valence-corrected chi connectivity index (χ2v) is 5.08. The number of aromatic nitrogens is 2. The predicted molar refractivity (Wildman–Crippen MR) is 91.2 cm³/mol. The lowest BCUT2D eigenvalue weighted by molar-refractivity contribution is -0.112. The first-order chi connectivity index (χ1) is 11.5. The lowest BCUT2D eigenvalue weighted by Crippen LogP contribution is -2.12. The maximum absolute atomic E-state index is 11.8. The van der Waals surface area contributed by atoms with Gasteiger partial charge in [0.25, 0.3) is 0 Å². The highest BCUT2D eigenvalue weighted by molar-refractivity contribution is 6.24. The SMILES string of the molecule is NC(=O)/C(=C\c1c[nH]c2ncc(NC(=O)O)cc12)c1ccccc1. The van der Waals surface area contributed by atoms with Gasteiger partial charge in [-0.3, -0.25) is 10.1 Å². The highest BCUT2D eigenvalue weighted by Crippen LogP contribution is 2.25. The highest BCUT2D eigenvalue weighted by atomic mass is 16.4. The van der Waals surface area contributed by atoms with Gasteiger partial charge in [0.1, 0.15) is 5.65 Å². The van der Waals surface area contributed by atoms with E-state index in [0.717, 1.165) is 0 Å². The van der Waals surface area contributed by atoms with Crippen molar-refractivity contribution in [3.8, 4) is 0 Å². The molecule has 0 atom stereocenters. The minimum absolute atomic E-state index is 0.338. The number of primary amides is 1. The summed E-state index contributed by atoms with van der Waals surface area (Å²) in [6.45, 7) is 0. The van der Waals surface area contributed by atoms with Gasteiger partial charge in [-0.05, 0) is 17.7 Å². The Balaban J connectivity index is 2.10. The van der Waals surface area contributed by atoms with Crippen molar-refractivity contribution in [2.75, 3.05) is 5.32 Å². The van der Waals surface area contributed by atoms with Gasteiger partial charge in [0.2, 0.25) is 5.91 Å². The Kier molecular flexibility index (Phi) is 3.98. The van der Waals surface area contributed by atoms with E-state index in [4.69, 9.17) is 10.8 Å². The van der Waals surface area contributed by atoms with E-state index in [0.29, 0.717) is 33.4 Å². The summed E-state index contributed by atoms with van der Waals surface area (Å²) in [4.78, 5) is 29.7. The molecule has 0 aliphatic heterocycles. The van der Waals surface area contributed by atoms with Crippen molar-refractivity contribution >= 4 is 40.4 Å². The first-order valence-electron chi connectivity index (χ1n) is 7.08. The van der Waals surface area contributed by atoms with Gasteiger partial charge >= 0.3 is 6.09 Å². The molecule has 0 saturated heterocycles. The third-order valence-electron chi connectivity index (χ3n) is 3.46. The van der Waals surface area contributed by atoms with Crippen molar-refractivity contribution in [2.45, 2.75) is 0 Å². The molecular formula is C17H14N4O3. The molecule has 0 saturated carbocycles. The van der Waals surface area contributed by atoms with Gasteiger partial charge in [-0.25, -0.2) is 9.78 Å². The molecule has 7 heteroatoms. The first kappa shape index (κ1) is 15.3. The van der Waals surface area contributed by atoms with E-state index in [1.165, 1.54) is 6.20 Å². The largest absolute Gasteiger partial charge is 0.465 e. The Hall–Kier alpha value is -3.61. The monoisotopic (exact) mass is 322 g/mol. The van der Waals surface area contributed by atoms with Crippen molar-refractivity contribution in [2.24, 2.45) is 5.73 Å². The number of nitrogens with zero attached hydrogens (tertiary/aromatic N) is 1. The van der Waals surface area contributed by atoms with Crippen LogP contribution < -0.4 is 11.1 Å². The molecular weight excluding hydrogens is 308 g/mol. The fourth-order valence-electron chi connectivity index (χ4n) is 2.40. The number of aromatic amines is 1. The summed E-state index contributed by atoms with van der Waals surface area (Å²) in [5.74, 6) is -0.552. The molecule has 2 heterocycles. The first-order valence-corrected chi connectivity index (χ1v) is 7.08. The number of carboxylic acid groups (broad SMARTS) is 1. The smallest absolute Gasteiger partial charge is 0.409 e. The lowest BCUT2D eigenvalue weighted by Gasteiger charge is -2.04. The normalized spacial score (nSPS) is 11.4. The number of fused-ring (bicyclic) bond motifs is 1. The van der Waals surface area contributed by atoms with Gasteiger partial charge in [-0.2, -0.15) is 0 Å². The number of hydrogen-bond donors (Lipinski definition) is 4. The molecule has 24 heavy (non-hydrogen) atoms. The van der Waals surface area contributed by atoms with E-state index in [1.54, 1.807) is 30.5 Å². The molecule has 5 N–H and O–H groups in total. The zero-order valence-electron chi connectivity index (χ0n) is 12.5. The van der Waals surface area contributed by atoms with E-state index in [2.05, 4.69) is 15.3 Å². The Bertz CT molecular complexity index is 945. The van der Waals surface area contributed by atoms with Crippen molar-refractivity contribution in [3.63, 3.8) is 0 Å². The fraction of sp³-hybridized carbons (Fsp3) is 0. The summed E-state index contributed by atoms with van der Waals surface area (Å²) >= 11 is 0. The van der Waals surface area contributed by atoms with E-state index in [9.17, 15) is 9.59 Å². The molecule has 1 aromatic carbocycles. The molecule has 2 amide bonds. The molecule has 7 nitrogen and oxygen atoms in total. The Morgan fingerprint density at radius 3 is 2.67 bits per heavy atom. The van der Waals surface area contributed by atoms with Crippen molar-refractivity contribution < 1.29 is 14.7 Å². The third-order valence-corrected chi connectivity index (χ3v) is 3.46. The van der Waals surface area contributed by atoms with Gasteiger partial charge in [0.05, 0.1) is 11.9 Å². The van der Waals surface area contributed by atoms with Gasteiger partial charge in [-0.15, -0.1) is 0 Å². The molecule has 0 bridgehead atoms. The molecule has 0 radical (unpaired) electrons. The van der Waals surface area contributed by atoms with E-state index >= 15 is 0 Å². The molecule has 0 spiro atoms. The van der Waals surface area contributed by atoms with E-state index < -0.39 is 12.0 Å². The number of carbonyl (C=O) groups is 2. The van der Waals surface area contributed by atoms with Crippen molar-refractivity contribution in [1.29, 1.82) is 0 Å². The zero-order chi connectivity index (χ0) is 17.1. The van der Waals surface area contributed by atoms with Crippen LogP contribution in [-0.4, -0.2) is 27.1 Å². The number of amides is 2. The predicted octanol–water partition coefficient (Wildman–Crippen LogP) is 2.68. The van der Waals surface area contributed by atoms with E-state index in [1.807, 2.05) is 18.2 Å². The summed E-state index contributed by atoms with van der Waals surface area (Å²) < 4.78 is 0. The minimum atomic E-state index is -1.18. The van der Waals surface area contributed by atoms with Crippen LogP contribution in [0, 0.1) is 0 Å². The van der Waals surface area contributed by atoms with Crippen LogP contribution in [0.25, 0.3) is 22.7 Å². The standard InChI is InChI=1S/C17H14N4O3/c18-15(22)13(10-4-2-1-3-5-10)6-11-8-19-16-14(11)7-12(9-20-16)21-17(23)24/h1-9,21H,(H2,18,22)(H,19,20)(H,23,24)/b13-6-. The van der Waals surface area contributed by atoms with E-state index in [-0.39, 0.29) is 0 Å². The van der Waals surface area contributed by atoms with Crippen molar-refractivity contribution in [1.82, 2.24) is 9.97 Å². The quantitative estimate of drug-likeness (QED) is 0.552. The molecule has 0 unspecified atom stereocenters. The number of hydrogen-bond acceptors (Lipinski definition) is 3. The third kappa shape index (κ3) is 3.09. The number of carbonyl (C=O) groups excluding carboxylic acids is 1. The average molecular weight is 322 g/mol. The Morgan fingerprint density at radius 1 is 1.25 bits per heavy atom. The van der Waals surface area contributed by atoms with Crippen LogP contribution in [0.4, 0.5) is 10.5 Å². The van der Waals surface area contributed by atoms with Crippen LogP contribution in [0.2, 0.25) is 0 Å². The topological polar surface area (TPSA) is 121 Å². The summed E-state index contributed by atoms with van der Waals surface area (Å²) in [5.41, 5.74) is 8.16. The van der Waals surface area contributed by atoms with Crippen molar-refractivity contribution in [3.05, 3.63) is 59.9 Å². The summed E-state index contributed by atoms with van der Waals surface area (Å²) in [6.07, 6.45) is 3.58. The average Bonchev–Trinajstić information content (AvgIpc) is 2.95. The molecule has 3 aromatic rings.